The lowest BCUT2D eigenvalue weighted by Crippen LogP contribution is -2.42. The molecule has 1 aliphatic carbocycles. The van der Waals surface area contributed by atoms with Gasteiger partial charge in [0.1, 0.15) is 12.0 Å². The van der Waals surface area contributed by atoms with Crippen LogP contribution in [0.3, 0.4) is 0 Å². The van der Waals surface area contributed by atoms with Gasteiger partial charge in [0.2, 0.25) is 0 Å². The first kappa shape index (κ1) is 7.25. The Balaban J connectivity index is 2.10. The van der Waals surface area contributed by atoms with E-state index in [-0.39, 0.29) is 18.2 Å². The van der Waals surface area contributed by atoms with Gasteiger partial charge in [-0.25, -0.2) is 0 Å². The van der Waals surface area contributed by atoms with Gasteiger partial charge in [-0.2, -0.15) is 0 Å². The van der Waals surface area contributed by atoms with E-state index >= 15 is 0 Å². The SMILES string of the molecule is NC1CC(=O)C2CCCC2O1. The lowest BCUT2D eigenvalue weighted by Gasteiger charge is -2.28. The van der Waals surface area contributed by atoms with Crippen molar-refractivity contribution < 1.29 is 9.53 Å². The summed E-state index contributed by atoms with van der Waals surface area (Å²) < 4.78 is 5.44. The van der Waals surface area contributed by atoms with Crippen LogP contribution in [0.2, 0.25) is 0 Å². The van der Waals surface area contributed by atoms with Crippen molar-refractivity contribution >= 4 is 5.78 Å². The summed E-state index contributed by atoms with van der Waals surface area (Å²) in [6, 6.07) is 0. The van der Waals surface area contributed by atoms with E-state index in [9.17, 15) is 4.79 Å². The predicted octanol–water partition coefficient (Wildman–Crippen LogP) is 0.429. The Kier molecular flexibility index (Phi) is 1.69. The van der Waals surface area contributed by atoms with Crippen molar-refractivity contribution in [2.75, 3.05) is 0 Å². The van der Waals surface area contributed by atoms with Crippen LogP contribution in [0, 0.1) is 5.92 Å². The van der Waals surface area contributed by atoms with Crippen molar-refractivity contribution in [2.45, 2.75) is 38.0 Å². The Morgan fingerprint density at radius 3 is 3.09 bits per heavy atom. The monoisotopic (exact) mass is 155 g/mol. The number of rotatable bonds is 0. The molecule has 0 aromatic heterocycles. The third kappa shape index (κ3) is 1.19. The van der Waals surface area contributed by atoms with E-state index in [1.54, 1.807) is 0 Å². The van der Waals surface area contributed by atoms with Crippen molar-refractivity contribution in [2.24, 2.45) is 11.7 Å². The van der Waals surface area contributed by atoms with Gasteiger partial charge in [0.15, 0.2) is 0 Å². The van der Waals surface area contributed by atoms with Gasteiger partial charge in [-0.15, -0.1) is 0 Å². The Labute approximate surface area is 65.9 Å². The number of hydrogen-bond acceptors (Lipinski definition) is 3. The number of Topliss-reactive ketones (excluding diaryl/α,β-unsaturated/α-hetero) is 1. The number of carbonyl (C=O) groups excluding carboxylic acids is 1. The van der Waals surface area contributed by atoms with Crippen LogP contribution in [-0.2, 0) is 9.53 Å². The number of carbonyl (C=O) groups is 1. The minimum absolute atomic E-state index is 0.145. The summed E-state index contributed by atoms with van der Waals surface area (Å²) >= 11 is 0. The molecule has 0 aromatic rings. The lowest BCUT2D eigenvalue weighted by atomic mass is 9.95. The van der Waals surface area contributed by atoms with E-state index in [0.29, 0.717) is 12.2 Å². The largest absolute Gasteiger partial charge is 0.359 e. The second kappa shape index (κ2) is 2.57. The second-order valence-corrected chi connectivity index (χ2v) is 3.42. The molecule has 2 aliphatic rings. The predicted molar refractivity (Wildman–Crippen MR) is 39.8 cm³/mol. The van der Waals surface area contributed by atoms with Crippen LogP contribution in [0.5, 0.6) is 0 Å². The van der Waals surface area contributed by atoms with Crippen LogP contribution in [0.4, 0.5) is 0 Å². The molecule has 11 heavy (non-hydrogen) atoms. The summed E-state index contributed by atoms with van der Waals surface area (Å²) in [5, 5.41) is 0. The van der Waals surface area contributed by atoms with Crippen LogP contribution in [0.1, 0.15) is 25.7 Å². The van der Waals surface area contributed by atoms with Gasteiger partial charge >= 0.3 is 0 Å². The van der Waals surface area contributed by atoms with Gasteiger partial charge in [-0.05, 0) is 12.8 Å². The maximum atomic E-state index is 11.3. The molecule has 0 radical (unpaired) electrons. The molecule has 0 spiro atoms. The second-order valence-electron chi connectivity index (χ2n) is 3.42. The van der Waals surface area contributed by atoms with Gasteiger partial charge in [-0.1, -0.05) is 6.42 Å². The molecule has 2 rings (SSSR count). The first-order chi connectivity index (χ1) is 5.27. The molecular formula is C8H13NO2. The van der Waals surface area contributed by atoms with Gasteiger partial charge < -0.3 is 10.5 Å². The summed E-state index contributed by atoms with van der Waals surface area (Å²) in [4.78, 5) is 11.3. The average Bonchev–Trinajstić information content (AvgIpc) is 2.34. The molecule has 2 fully saturated rings. The lowest BCUT2D eigenvalue weighted by molar-refractivity contribution is -0.142. The van der Waals surface area contributed by atoms with Crippen LogP contribution in [-0.4, -0.2) is 18.1 Å². The highest BCUT2D eigenvalue weighted by Crippen LogP contribution is 2.33. The highest BCUT2D eigenvalue weighted by Gasteiger charge is 2.39. The summed E-state index contributed by atoms with van der Waals surface area (Å²) in [5.41, 5.74) is 5.54. The smallest absolute Gasteiger partial charge is 0.142 e. The molecule has 2 N–H and O–H groups in total. The molecule has 3 unspecified atom stereocenters. The minimum atomic E-state index is -0.332. The van der Waals surface area contributed by atoms with Gasteiger partial charge in [-0.3, -0.25) is 4.79 Å². The summed E-state index contributed by atoms with van der Waals surface area (Å²) in [6.45, 7) is 0. The maximum Gasteiger partial charge on any atom is 0.142 e. The van der Waals surface area contributed by atoms with Crippen LogP contribution < -0.4 is 5.73 Å². The quantitative estimate of drug-likeness (QED) is 0.552. The van der Waals surface area contributed by atoms with Crippen molar-refractivity contribution in [3.05, 3.63) is 0 Å². The van der Waals surface area contributed by atoms with E-state index in [4.69, 9.17) is 10.5 Å². The number of nitrogens with two attached hydrogens (primary N) is 1. The molecule has 3 heteroatoms. The van der Waals surface area contributed by atoms with E-state index in [1.807, 2.05) is 0 Å². The molecule has 62 valence electrons. The molecule has 1 aliphatic heterocycles. The Bertz CT molecular complexity index is 181. The molecule has 3 atom stereocenters. The molecule has 0 amide bonds. The number of ether oxygens (including phenoxy) is 1. The molecule has 0 aromatic carbocycles. The average molecular weight is 155 g/mol. The van der Waals surface area contributed by atoms with Crippen LogP contribution in [0.15, 0.2) is 0 Å². The van der Waals surface area contributed by atoms with E-state index < -0.39 is 0 Å². The van der Waals surface area contributed by atoms with E-state index in [1.165, 1.54) is 0 Å². The van der Waals surface area contributed by atoms with E-state index in [2.05, 4.69) is 0 Å². The Morgan fingerprint density at radius 2 is 2.27 bits per heavy atom. The van der Waals surface area contributed by atoms with Gasteiger partial charge in [0.25, 0.3) is 0 Å². The third-order valence-electron chi connectivity index (χ3n) is 2.62. The van der Waals surface area contributed by atoms with Crippen molar-refractivity contribution in [1.82, 2.24) is 0 Å². The molecule has 0 bridgehead atoms. The molecule has 1 saturated carbocycles. The minimum Gasteiger partial charge on any atom is -0.359 e. The first-order valence-corrected chi connectivity index (χ1v) is 4.21. The molecule has 1 heterocycles. The highest BCUT2D eigenvalue weighted by atomic mass is 16.5. The number of ketones is 1. The fraction of sp³-hybridized carbons (Fsp3) is 0.875. The summed E-state index contributed by atoms with van der Waals surface area (Å²) in [5.74, 6) is 0.487. The zero-order chi connectivity index (χ0) is 7.84. The van der Waals surface area contributed by atoms with Crippen molar-refractivity contribution in [3.8, 4) is 0 Å². The third-order valence-corrected chi connectivity index (χ3v) is 2.62. The molecule has 3 nitrogen and oxygen atoms in total. The Hall–Kier alpha value is -0.410. The molecular weight excluding hydrogens is 142 g/mol. The number of fused-ring (bicyclic) bond motifs is 1. The van der Waals surface area contributed by atoms with Gasteiger partial charge in [0.05, 0.1) is 6.10 Å². The fourth-order valence-electron chi connectivity index (χ4n) is 2.08. The Morgan fingerprint density at radius 1 is 1.45 bits per heavy atom. The van der Waals surface area contributed by atoms with Crippen LogP contribution >= 0.6 is 0 Å². The topological polar surface area (TPSA) is 52.3 Å². The highest BCUT2D eigenvalue weighted by molar-refractivity contribution is 5.82. The normalized spacial score (nSPS) is 44.1. The maximum absolute atomic E-state index is 11.3. The zero-order valence-electron chi connectivity index (χ0n) is 6.45. The summed E-state index contributed by atoms with van der Waals surface area (Å²) in [7, 11) is 0. The van der Waals surface area contributed by atoms with Crippen LogP contribution in [0.25, 0.3) is 0 Å². The van der Waals surface area contributed by atoms with Gasteiger partial charge in [0, 0.05) is 12.3 Å². The molecule has 1 saturated heterocycles. The standard InChI is InChI=1S/C8H13NO2/c9-8-4-6(10)5-2-1-3-7(5)11-8/h5,7-8H,1-4,9H2. The van der Waals surface area contributed by atoms with Crippen molar-refractivity contribution in [3.63, 3.8) is 0 Å². The summed E-state index contributed by atoms with van der Waals surface area (Å²) in [6.07, 6.45) is 3.38. The van der Waals surface area contributed by atoms with E-state index in [0.717, 1.165) is 19.3 Å². The number of hydrogen-bond donors (Lipinski definition) is 1. The first-order valence-electron chi connectivity index (χ1n) is 4.21. The zero-order valence-corrected chi connectivity index (χ0v) is 6.45. The van der Waals surface area contributed by atoms with Crippen molar-refractivity contribution in [1.29, 1.82) is 0 Å². The fourth-order valence-corrected chi connectivity index (χ4v) is 2.08.